The normalized spacial score (nSPS) is 12.3. The van der Waals surface area contributed by atoms with Crippen LogP contribution in [0.1, 0.15) is 6.92 Å². The summed E-state index contributed by atoms with van der Waals surface area (Å²) in [6, 6.07) is 14.2. The zero-order chi connectivity index (χ0) is 14.7. The molecule has 3 aromatic rings. The molecule has 0 aliphatic carbocycles. The molecule has 0 radical (unpaired) electrons. The maximum absolute atomic E-state index is 5.89. The largest absolute Gasteiger partial charge is 0.456 e. The number of hydrogen-bond donors (Lipinski definition) is 1. The summed E-state index contributed by atoms with van der Waals surface area (Å²) in [4.78, 5) is 0. The molecule has 1 aromatic heterocycles. The Kier molecular flexibility index (Phi) is 3.61. The molecule has 0 spiro atoms. The van der Waals surface area contributed by atoms with Crippen LogP contribution in [0.2, 0.25) is 0 Å². The van der Waals surface area contributed by atoms with Gasteiger partial charge in [0.15, 0.2) is 0 Å². The van der Waals surface area contributed by atoms with Crippen molar-refractivity contribution in [2.24, 2.45) is 0 Å². The highest BCUT2D eigenvalue weighted by atomic mass is 16.3. The second-order valence-corrected chi connectivity index (χ2v) is 4.87. The molecule has 0 unspecified atom stereocenters. The highest BCUT2D eigenvalue weighted by molar-refractivity contribution is 6.11. The number of benzene rings is 2. The average molecular weight is 275 g/mol. The molecule has 2 aromatic carbocycles. The number of rotatable bonds is 4. The van der Waals surface area contributed by atoms with Crippen LogP contribution in [0.4, 0.5) is 5.69 Å². The molecular weight excluding hydrogens is 258 g/mol. The fraction of sp³-hybridized carbons (Fsp3) is 0.0526. The summed E-state index contributed by atoms with van der Waals surface area (Å²) in [5.74, 6) is 0. The molecule has 0 saturated heterocycles. The predicted molar refractivity (Wildman–Crippen MR) is 90.4 cm³/mol. The topological polar surface area (TPSA) is 25.2 Å². The second-order valence-electron chi connectivity index (χ2n) is 4.87. The average Bonchev–Trinajstić information content (AvgIpc) is 2.87. The molecule has 0 aliphatic heterocycles. The van der Waals surface area contributed by atoms with Crippen molar-refractivity contribution in [3.63, 3.8) is 0 Å². The van der Waals surface area contributed by atoms with E-state index in [0.717, 1.165) is 33.3 Å². The molecular formula is C19H17NO. The number of furan rings is 1. The zero-order valence-electron chi connectivity index (χ0n) is 12.0. The van der Waals surface area contributed by atoms with Crippen LogP contribution < -0.4 is 5.32 Å². The Morgan fingerprint density at radius 1 is 1.05 bits per heavy atom. The Bertz CT molecular complexity index is 852. The quantitative estimate of drug-likeness (QED) is 0.623. The zero-order valence-corrected chi connectivity index (χ0v) is 12.0. The maximum atomic E-state index is 5.89. The molecule has 2 heteroatoms. The first-order valence-corrected chi connectivity index (χ1v) is 6.93. The fourth-order valence-corrected chi connectivity index (χ4v) is 2.41. The Labute approximate surface area is 124 Å². The van der Waals surface area contributed by atoms with E-state index in [2.05, 4.69) is 24.0 Å². The van der Waals surface area contributed by atoms with Crippen molar-refractivity contribution in [1.82, 2.24) is 0 Å². The van der Waals surface area contributed by atoms with Crippen LogP contribution in [0.25, 0.3) is 21.9 Å². The molecule has 0 amide bonds. The number of para-hydroxylation sites is 1. The Balaban J connectivity index is 2.08. The summed E-state index contributed by atoms with van der Waals surface area (Å²) in [6.07, 6.45) is 7.64. The van der Waals surface area contributed by atoms with Gasteiger partial charge >= 0.3 is 0 Å². The van der Waals surface area contributed by atoms with E-state index in [0.29, 0.717) is 0 Å². The van der Waals surface area contributed by atoms with Crippen LogP contribution in [-0.2, 0) is 0 Å². The molecule has 0 bridgehead atoms. The van der Waals surface area contributed by atoms with Crippen molar-refractivity contribution in [3.8, 4) is 0 Å². The first-order valence-electron chi connectivity index (χ1n) is 6.93. The Morgan fingerprint density at radius 3 is 2.71 bits per heavy atom. The van der Waals surface area contributed by atoms with Crippen LogP contribution in [-0.4, -0.2) is 0 Å². The number of fused-ring (bicyclic) bond motifs is 3. The lowest BCUT2D eigenvalue weighted by molar-refractivity contribution is 0.669. The van der Waals surface area contributed by atoms with Gasteiger partial charge < -0.3 is 9.73 Å². The van der Waals surface area contributed by atoms with Gasteiger partial charge in [0, 0.05) is 11.1 Å². The molecule has 0 saturated carbocycles. The lowest BCUT2D eigenvalue weighted by atomic mass is 10.1. The Morgan fingerprint density at radius 2 is 1.86 bits per heavy atom. The molecule has 1 heterocycles. The second kappa shape index (κ2) is 5.71. The van der Waals surface area contributed by atoms with Crippen LogP contribution in [0.3, 0.4) is 0 Å². The summed E-state index contributed by atoms with van der Waals surface area (Å²) >= 11 is 0. The number of allylic oxidation sites excluding steroid dienone is 5. The van der Waals surface area contributed by atoms with Crippen molar-refractivity contribution >= 4 is 27.6 Å². The molecule has 1 N–H and O–H groups in total. The predicted octanol–water partition coefficient (Wildman–Crippen LogP) is 5.64. The molecule has 2 nitrogen and oxygen atoms in total. The van der Waals surface area contributed by atoms with Gasteiger partial charge in [-0.2, -0.15) is 0 Å². The number of nitrogens with one attached hydrogen (secondary N) is 1. The minimum absolute atomic E-state index is 0.899. The van der Waals surface area contributed by atoms with Crippen LogP contribution in [0.5, 0.6) is 0 Å². The van der Waals surface area contributed by atoms with Crippen molar-refractivity contribution in [1.29, 1.82) is 0 Å². The van der Waals surface area contributed by atoms with Crippen molar-refractivity contribution in [2.45, 2.75) is 6.92 Å². The third kappa shape index (κ3) is 2.61. The van der Waals surface area contributed by atoms with Gasteiger partial charge in [0.2, 0.25) is 0 Å². The van der Waals surface area contributed by atoms with E-state index in [-0.39, 0.29) is 0 Å². The maximum Gasteiger partial charge on any atom is 0.137 e. The minimum Gasteiger partial charge on any atom is -0.456 e. The van der Waals surface area contributed by atoms with Gasteiger partial charge in [-0.3, -0.25) is 0 Å². The van der Waals surface area contributed by atoms with Crippen molar-refractivity contribution < 1.29 is 4.42 Å². The Hall–Kier alpha value is -2.74. The van der Waals surface area contributed by atoms with E-state index in [1.165, 1.54) is 0 Å². The van der Waals surface area contributed by atoms with Crippen LogP contribution >= 0.6 is 0 Å². The van der Waals surface area contributed by atoms with Gasteiger partial charge in [0.1, 0.15) is 11.2 Å². The minimum atomic E-state index is 0.899. The molecule has 0 atom stereocenters. The lowest BCUT2D eigenvalue weighted by Gasteiger charge is -2.07. The van der Waals surface area contributed by atoms with E-state index in [4.69, 9.17) is 4.42 Å². The van der Waals surface area contributed by atoms with Gasteiger partial charge in [0.05, 0.1) is 11.1 Å². The fourth-order valence-electron chi connectivity index (χ4n) is 2.41. The molecule has 0 aliphatic rings. The highest BCUT2D eigenvalue weighted by Gasteiger charge is 2.10. The molecule has 104 valence electrons. The van der Waals surface area contributed by atoms with E-state index in [1.807, 2.05) is 55.5 Å². The lowest BCUT2D eigenvalue weighted by Crippen LogP contribution is -1.95. The SMILES string of the molecule is C=C/C=C\C=C(/C)Nc1cccc2oc3ccccc3c12. The molecule has 3 rings (SSSR count). The monoisotopic (exact) mass is 275 g/mol. The first-order chi connectivity index (χ1) is 10.3. The van der Waals surface area contributed by atoms with E-state index < -0.39 is 0 Å². The van der Waals surface area contributed by atoms with E-state index in [1.54, 1.807) is 6.08 Å². The summed E-state index contributed by atoms with van der Waals surface area (Å²) in [7, 11) is 0. The van der Waals surface area contributed by atoms with Gasteiger partial charge in [0.25, 0.3) is 0 Å². The summed E-state index contributed by atoms with van der Waals surface area (Å²) in [5, 5.41) is 5.69. The number of hydrogen-bond acceptors (Lipinski definition) is 2. The van der Waals surface area contributed by atoms with Gasteiger partial charge in [-0.15, -0.1) is 0 Å². The molecule has 0 fully saturated rings. The van der Waals surface area contributed by atoms with Gasteiger partial charge in [-0.05, 0) is 31.2 Å². The van der Waals surface area contributed by atoms with Crippen LogP contribution in [0.15, 0.2) is 83.5 Å². The summed E-state index contributed by atoms with van der Waals surface area (Å²) < 4.78 is 5.89. The van der Waals surface area contributed by atoms with Crippen LogP contribution in [0, 0.1) is 0 Å². The number of anilines is 1. The van der Waals surface area contributed by atoms with E-state index in [9.17, 15) is 0 Å². The van der Waals surface area contributed by atoms with Gasteiger partial charge in [-0.25, -0.2) is 0 Å². The first kappa shape index (κ1) is 13.3. The smallest absolute Gasteiger partial charge is 0.137 e. The van der Waals surface area contributed by atoms with Crippen molar-refractivity contribution in [3.05, 3.63) is 79.0 Å². The summed E-state index contributed by atoms with van der Waals surface area (Å²) in [5.41, 5.74) is 3.93. The standard InChI is InChI=1S/C19H17NO/c1-3-4-5-9-14(2)20-16-11-8-13-18-19(16)15-10-6-7-12-17(15)21-18/h3-13,20H,1H2,2H3/b5-4-,14-9+. The molecule has 21 heavy (non-hydrogen) atoms. The third-order valence-corrected chi connectivity index (χ3v) is 3.33. The van der Waals surface area contributed by atoms with Crippen molar-refractivity contribution in [2.75, 3.05) is 5.32 Å². The van der Waals surface area contributed by atoms with Gasteiger partial charge in [-0.1, -0.05) is 49.1 Å². The third-order valence-electron chi connectivity index (χ3n) is 3.33. The highest BCUT2D eigenvalue weighted by Crippen LogP contribution is 2.34. The van der Waals surface area contributed by atoms with E-state index >= 15 is 0 Å². The summed E-state index contributed by atoms with van der Waals surface area (Å²) in [6.45, 7) is 5.70.